The molecule has 0 spiro atoms. The van der Waals surface area contributed by atoms with E-state index < -0.39 is 0 Å². The average molecular weight is 197 g/mol. The van der Waals surface area contributed by atoms with Gasteiger partial charge in [-0.2, -0.15) is 0 Å². The molecule has 0 aromatic rings. The first-order valence-electron chi connectivity index (χ1n) is 5.45. The number of rotatable bonds is 1. The molecule has 2 rings (SSSR count). The molecule has 0 unspecified atom stereocenters. The number of likely N-dealkylation sites (tertiary alicyclic amines) is 1. The summed E-state index contributed by atoms with van der Waals surface area (Å²) < 4.78 is 5.24. The van der Waals surface area contributed by atoms with Crippen LogP contribution in [0, 0.1) is 11.3 Å². The quantitative estimate of drug-likeness (QED) is 0.633. The second kappa shape index (κ2) is 3.54. The van der Waals surface area contributed by atoms with Crippen molar-refractivity contribution in [1.29, 1.82) is 0 Å². The number of carbonyl (C=O) groups excluding carboxylic acids is 1. The van der Waals surface area contributed by atoms with Crippen molar-refractivity contribution in [2.45, 2.75) is 26.7 Å². The molecule has 2 heterocycles. The number of hydrogen-bond donors (Lipinski definition) is 0. The normalized spacial score (nSPS) is 31.0. The minimum atomic E-state index is 0.142. The van der Waals surface area contributed by atoms with Crippen molar-refractivity contribution in [3.63, 3.8) is 0 Å². The molecule has 14 heavy (non-hydrogen) atoms. The van der Waals surface area contributed by atoms with Crippen LogP contribution < -0.4 is 0 Å². The van der Waals surface area contributed by atoms with Crippen LogP contribution in [-0.4, -0.2) is 37.1 Å². The van der Waals surface area contributed by atoms with Crippen molar-refractivity contribution in [2.75, 3.05) is 26.3 Å². The van der Waals surface area contributed by atoms with E-state index in [0.29, 0.717) is 17.9 Å². The molecule has 1 atom stereocenters. The maximum absolute atomic E-state index is 12.0. The number of ether oxygens (including phenoxy) is 1. The van der Waals surface area contributed by atoms with Crippen LogP contribution in [0.1, 0.15) is 26.7 Å². The molecule has 0 radical (unpaired) electrons. The second-order valence-corrected chi connectivity index (χ2v) is 5.23. The van der Waals surface area contributed by atoms with Crippen molar-refractivity contribution in [3.8, 4) is 0 Å². The standard InChI is InChI=1S/C11H19NO2/c1-11(2)4-5-12(8-11)10(13)9-3-6-14-7-9/h9H,3-8H2,1-2H3/t9-/m0/s1. The Hall–Kier alpha value is -0.570. The number of nitrogens with zero attached hydrogens (tertiary/aromatic N) is 1. The lowest BCUT2D eigenvalue weighted by molar-refractivity contribution is -0.134. The van der Waals surface area contributed by atoms with Gasteiger partial charge in [0.1, 0.15) is 0 Å². The van der Waals surface area contributed by atoms with Crippen LogP contribution >= 0.6 is 0 Å². The zero-order chi connectivity index (χ0) is 10.2. The molecule has 0 aromatic heterocycles. The summed E-state index contributed by atoms with van der Waals surface area (Å²) in [6, 6.07) is 0. The Kier molecular flexibility index (Phi) is 2.52. The molecule has 2 saturated heterocycles. The van der Waals surface area contributed by atoms with Gasteiger partial charge in [0.2, 0.25) is 5.91 Å². The highest BCUT2D eigenvalue weighted by atomic mass is 16.5. The third-order valence-corrected chi connectivity index (χ3v) is 3.27. The Morgan fingerprint density at radius 2 is 2.29 bits per heavy atom. The Bertz CT molecular complexity index is 231. The van der Waals surface area contributed by atoms with Crippen molar-refractivity contribution in [3.05, 3.63) is 0 Å². The molecule has 2 fully saturated rings. The minimum absolute atomic E-state index is 0.142. The highest BCUT2D eigenvalue weighted by Crippen LogP contribution is 2.30. The van der Waals surface area contributed by atoms with Gasteiger partial charge in [0, 0.05) is 19.7 Å². The fraction of sp³-hybridized carbons (Fsp3) is 0.909. The van der Waals surface area contributed by atoms with Gasteiger partial charge in [-0.25, -0.2) is 0 Å². The van der Waals surface area contributed by atoms with Crippen molar-refractivity contribution >= 4 is 5.91 Å². The summed E-state index contributed by atoms with van der Waals surface area (Å²) in [6.45, 7) is 7.70. The van der Waals surface area contributed by atoms with Gasteiger partial charge in [-0.05, 0) is 18.3 Å². The maximum atomic E-state index is 12.0. The maximum Gasteiger partial charge on any atom is 0.228 e. The molecule has 3 heteroatoms. The molecule has 0 aliphatic carbocycles. The van der Waals surface area contributed by atoms with Crippen LogP contribution in [0.2, 0.25) is 0 Å². The van der Waals surface area contributed by atoms with E-state index in [2.05, 4.69) is 13.8 Å². The summed E-state index contributed by atoms with van der Waals surface area (Å²) in [6.07, 6.45) is 2.04. The van der Waals surface area contributed by atoms with Gasteiger partial charge in [-0.3, -0.25) is 4.79 Å². The van der Waals surface area contributed by atoms with E-state index in [-0.39, 0.29) is 5.92 Å². The molecule has 0 bridgehead atoms. The second-order valence-electron chi connectivity index (χ2n) is 5.23. The summed E-state index contributed by atoms with van der Waals surface area (Å²) in [5, 5.41) is 0. The van der Waals surface area contributed by atoms with E-state index in [1.807, 2.05) is 4.90 Å². The molecule has 0 saturated carbocycles. The smallest absolute Gasteiger partial charge is 0.228 e. The van der Waals surface area contributed by atoms with Crippen LogP contribution in [0.15, 0.2) is 0 Å². The summed E-state index contributed by atoms with van der Waals surface area (Å²) in [7, 11) is 0. The fourth-order valence-electron chi connectivity index (χ4n) is 2.29. The van der Waals surface area contributed by atoms with Crippen LogP contribution in [0.5, 0.6) is 0 Å². The highest BCUT2D eigenvalue weighted by molar-refractivity contribution is 5.79. The summed E-state index contributed by atoms with van der Waals surface area (Å²) in [5.41, 5.74) is 0.315. The molecule has 80 valence electrons. The monoisotopic (exact) mass is 197 g/mol. The highest BCUT2D eigenvalue weighted by Gasteiger charge is 2.35. The topological polar surface area (TPSA) is 29.5 Å². The van der Waals surface area contributed by atoms with E-state index in [9.17, 15) is 4.79 Å². The van der Waals surface area contributed by atoms with Crippen LogP contribution in [0.4, 0.5) is 0 Å². The predicted molar refractivity (Wildman–Crippen MR) is 53.9 cm³/mol. The fourth-order valence-corrected chi connectivity index (χ4v) is 2.29. The molecular weight excluding hydrogens is 178 g/mol. The van der Waals surface area contributed by atoms with Gasteiger partial charge in [-0.15, -0.1) is 0 Å². The number of carbonyl (C=O) groups is 1. The van der Waals surface area contributed by atoms with Crippen molar-refractivity contribution in [1.82, 2.24) is 4.90 Å². The van der Waals surface area contributed by atoms with E-state index in [0.717, 1.165) is 32.5 Å². The zero-order valence-electron chi connectivity index (χ0n) is 9.08. The van der Waals surface area contributed by atoms with E-state index in [1.165, 1.54) is 0 Å². The van der Waals surface area contributed by atoms with Crippen LogP contribution in [-0.2, 0) is 9.53 Å². The first kappa shape index (κ1) is 9.97. The molecule has 0 aromatic carbocycles. The molecule has 0 N–H and O–H groups in total. The molecular formula is C11H19NO2. The Morgan fingerprint density at radius 1 is 1.50 bits per heavy atom. The lowest BCUT2D eigenvalue weighted by Crippen LogP contribution is -2.35. The third-order valence-electron chi connectivity index (χ3n) is 3.27. The van der Waals surface area contributed by atoms with E-state index >= 15 is 0 Å². The minimum Gasteiger partial charge on any atom is -0.381 e. The lowest BCUT2D eigenvalue weighted by atomic mass is 9.93. The van der Waals surface area contributed by atoms with Gasteiger partial charge < -0.3 is 9.64 Å². The predicted octanol–water partition coefficient (Wildman–Crippen LogP) is 1.28. The van der Waals surface area contributed by atoms with E-state index in [4.69, 9.17) is 4.74 Å². The number of hydrogen-bond acceptors (Lipinski definition) is 2. The SMILES string of the molecule is CC1(C)CCN(C(=O)[C@H]2CCOC2)C1. The van der Waals surface area contributed by atoms with E-state index in [1.54, 1.807) is 0 Å². The lowest BCUT2D eigenvalue weighted by Gasteiger charge is -2.22. The summed E-state index contributed by atoms with van der Waals surface area (Å²) >= 11 is 0. The first-order valence-corrected chi connectivity index (χ1v) is 5.45. The summed E-state index contributed by atoms with van der Waals surface area (Å²) in [4.78, 5) is 14.0. The van der Waals surface area contributed by atoms with Crippen LogP contribution in [0.25, 0.3) is 0 Å². The molecule has 2 aliphatic heterocycles. The Labute approximate surface area is 85.4 Å². The van der Waals surface area contributed by atoms with Crippen molar-refractivity contribution in [2.24, 2.45) is 11.3 Å². The third kappa shape index (κ3) is 1.92. The molecule has 3 nitrogen and oxygen atoms in total. The van der Waals surface area contributed by atoms with Gasteiger partial charge in [0.05, 0.1) is 12.5 Å². The number of amides is 1. The first-order chi connectivity index (χ1) is 6.58. The average Bonchev–Trinajstić information content (AvgIpc) is 2.72. The van der Waals surface area contributed by atoms with Gasteiger partial charge in [0.25, 0.3) is 0 Å². The Morgan fingerprint density at radius 3 is 2.79 bits per heavy atom. The summed E-state index contributed by atoms with van der Waals surface area (Å²) in [5.74, 6) is 0.456. The Balaban J connectivity index is 1.92. The zero-order valence-corrected chi connectivity index (χ0v) is 9.08. The molecule has 1 amide bonds. The largest absolute Gasteiger partial charge is 0.381 e. The van der Waals surface area contributed by atoms with Gasteiger partial charge in [0.15, 0.2) is 0 Å². The van der Waals surface area contributed by atoms with Crippen LogP contribution in [0.3, 0.4) is 0 Å². The van der Waals surface area contributed by atoms with Crippen molar-refractivity contribution < 1.29 is 9.53 Å². The van der Waals surface area contributed by atoms with Gasteiger partial charge in [-0.1, -0.05) is 13.8 Å². The van der Waals surface area contributed by atoms with Gasteiger partial charge >= 0.3 is 0 Å². The molecule has 2 aliphatic rings.